The number of carboxylic acid groups (broad SMARTS) is 1. The molecule has 6 heteroatoms. The van der Waals surface area contributed by atoms with Crippen LogP contribution in [0.2, 0.25) is 0 Å². The monoisotopic (exact) mass is 260 g/mol. The number of rotatable bonds is 4. The molecule has 0 aliphatic heterocycles. The molecule has 0 saturated heterocycles. The van der Waals surface area contributed by atoms with E-state index in [1.807, 2.05) is 18.5 Å². The zero-order valence-electron chi connectivity index (χ0n) is 10.8. The van der Waals surface area contributed by atoms with Crippen LogP contribution >= 0.6 is 0 Å². The summed E-state index contributed by atoms with van der Waals surface area (Å²) in [7, 11) is 1.90. The smallest absolute Gasteiger partial charge is 0.337 e. The van der Waals surface area contributed by atoms with E-state index < -0.39 is 5.97 Å². The molecule has 1 heterocycles. The number of hydrogen-bond acceptors (Lipinski definition) is 4. The van der Waals surface area contributed by atoms with Gasteiger partial charge in [-0.25, -0.2) is 9.78 Å². The minimum atomic E-state index is -1.03. The van der Waals surface area contributed by atoms with Crippen molar-refractivity contribution in [3.63, 3.8) is 0 Å². The number of anilines is 2. The summed E-state index contributed by atoms with van der Waals surface area (Å²) in [5.74, 6) is -1.03. The minimum absolute atomic E-state index is 0.109. The highest BCUT2D eigenvalue weighted by atomic mass is 16.4. The van der Waals surface area contributed by atoms with E-state index in [0.29, 0.717) is 12.2 Å². The maximum Gasteiger partial charge on any atom is 0.337 e. The van der Waals surface area contributed by atoms with Crippen molar-refractivity contribution < 1.29 is 9.90 Å². The molecule has 0 aliphatic carbocycles. The third-order valence-electron chi connectivity index (χ3n) is 3.05. The third kappa shape index (κ3) is 2.52. The van der Waals surface area contributed by atoms with Gasteiger partial charge in [0.2, 0.25) is 0 Å². The van der Waals surface area contributed by atoms with Crippen molar-refractivity contribution in [2.75, 3.05) is 11.1 Å². The number of nitrogens with one attached hydrogen (secondary N) is 1. The predicted octanol–water partition coefficient (Wildman–Crippen LogP) is 1.62. The van der Waals surface area contributed by atoms with Gasteiger partial charge >= 0.3 is 5.97 Å². The van der Waals surface area contributed by atoms with Crippen molar-refractivity contribution in [3.8, 4) is 0 Å². The molecule has 6 nitrogen and oxygen atoms in total. The van der Waals surface area contributed by atoms with Crippen LogP contribution in [0.4, 0.5) is 11.4 Å². The van der Waals surface area contributed by atoms with Crippen LogP contribution in [-0.2, 0) is 13.6 Å². The first-order valence-corrected chi connectivity index (χ1v) is 5.82. The molecule has 0 aliphatic rings. The van der Waals surface area contributed by atoms with E-state index in [1.165, 1.54) is 6.07 Å². The molecule has 0 bridgehead atoms. The lowest BCUT2D eigenvalue weighted by Crippen LogP contribution is -2.10. The normalized spacial score (nSPS) is 10.4. The molecule has 0 fully saturated rings. The molecule has 0 spiro atoms. The number of nitrogens with two attached hydrogens (primary N) is 1. The summed E-state index contributed by atoms with van der Waals surface area (Å²) >= 11 is 0. The Kier molecular flexibility index (Phi) is 3.41. The Morgan fingerprint density at radius 1 is 1.53 bits per heavy atom. The second-order valence-electron chi connectivity index (χ2n) is 4.37. The number of benzene rings is 1. The van der Waals surface area contributed by atoms with Gasteiger partial charge in [0.1, 0.15) is 0 Å². The number of nitrogens with zero attached hydrogens (tertiary/aromatic N) is 2. The number of carbonyl (C=O) groups is 1. The van der Waals surface area contributed by atoms with Gasteiger partial charge in [-0.05, 0) is 18.6 Å². The zero-order valence-corrected chi connectivity index (χ0v) is 10.8. The molecule has 0 atom stereocenters. The Bertz CT molecular complexity index is 619. The van der Waals surface area contributed by atoms with Crippen molar-refractivity contribution in [1.82, 2.24) is 9.55 Å². The van der Waals surface area contributed by atoms with Gasteiger partial charge in [0.05, 0.1) is 35.5 Å². The Balaban J connectivity index is 2.27. The van der Waals surface area contributed by atoms with Crippen LogP contribution in [0.1, 0.15) is 21.6 Å². The lowest BCUT2D eigenvalue weighted by atomic mass is 10.1. The van der Waals surface area contributed by atoms with Crippen LogP contribution < -0.4 is 11.1 Å². The molecule has 1 aromatic carbocycles. The van der Waals surface area contributed by atoms with Gasteiger partial charge in [-0.2, -0.15) is 0 Å². The van der Waals surface area contributed by atoms with E-state index in [9.17, 15) is 4.79 Å². The number of aromatic carboxylic acids is 1. The van der Waals surface area contributed by atoms with E-state index in [-0.39, 0.29) is 11.3 Å². The Hall–Kier alpha value is -2.50. The summed E-state index contributed by atoms with van der Waals surface area (Å²) in [5.41, 5.74) is 8.81. The highest BCUT2D eigenvalue weighted by Crippen LogP contribution is 2.27. The van der Waals surface area contributed by atoms with Crippen LogP contribution in [0.15, 0.2) is 24.7 Å². The molecular formula is C13H16N4O2. The quantitative estimate of drug-likeness (QED) is 0.726. The molecule has 2 rings (SSSR count). The maximum atomic E-state index is 11.1. The summed E-state index contributed by atoms with van der Waals surface area (Å²) in [6.45, 7) is 2.41. The van der Waals surface area contributed by atoms with E-state index in [0.717, 1.165) is 11.3 Å². The minimum Gasteiger partial charge on any atom is -0.478 e. The number of carboxylic acids is 1. The molecule has 100 valence electrons. The second kappa shape index (κ2) is 5.01. The van der Waals surface area contributed by atoms with Crippen molar-refractivity contribution in [3.05, 3.63) is 41.5 Å². The molecule has 19 heavy (non-hydrogen) atoms. The van der Waals surface area contributed by atoms with Gasteiger partial charge in [0, 0.05) is 13.2 Å². The highest BCUT2D eigenvalue weighted by molar-refractivity contribution is 5.97. The zero-order chi connectivity index (χ0) is 14.0. The fourth-order valence-corrected chi connectivity index (χ4v) is 1.88. The Labute approximate surface area is 110 Å². The first-order chi connectivity index (χ1) is 9.00. The highest BCUT2D eigenvalue weighted by Gasteiger charge is 2.13. The van der Waals surface area contributed by atoms with E-state index >= 15 is 0 Å². The maximum absolute atomic E-state index is 11.1. The average Bonchev–Trinajstić information content (AvgIpc) is 2.74. The van der Waals surface area contributed by atoms with Crippen molar-refractivity contribution >= 4 is 17.3 Å². The number of imidazole rings is 1. The Morgan fingerprint density at radius 2 is 2.26 bits per heavy atom. The van der Waals surface area contributed by atoms with Gasteiger partial charge < -0.3 is 20.7 Å². The van der Waals surface area contributed by atoms with Crippen molar-refractivity contribution in [1.29, 1.82) is 0 Å². The van der Waals surface area contributed by atoms with Gasteiger partial charge in [0.25, 0.3) is 0 Å². The van der Waals surface area contributed by atoms with Crippen molar-refractivity contribution in [2.24, 2.45) is 7.05 Å². The first kappa shape index (κ1) is 12.9. The summed E-state index contributed by atoms with van der Waals surface area (Å²) in [4.78, 5) is 15.1. The average molecular weight is 260 g/mol. The molecular weight excluding hydrogens is 244 g/mol. The number of aryl methyl sites for hydroxylation is 2. The predicted molar refractivity (Wildman–Crippen MR) is 73.1 cm³/mol. The van der Waals surface area contributed by atoms with Gasteiger partial charge in [-0.1, -0.05) is 6.07 Å². The topological polar surface area (TPSA) is 93.2 Å². The fourth-order valence-electron chi connectivity index (χ4n) is 1.88. The Morgan fingerprint density at radius 3 is 2.84 bits per heavy atom. The van der Waals surface area contributed by atoms with Crippen LogP contribution in [0.5, 0.6) is 0 Å². The van der Waals surface area contributed by atoms with Crippen LogP contribution in [0.3, 0.4) is 0 Å². The van der Waals surface area contributed by atoms with Gasteiger partial charge in [-0.15, -0.1) is 0 Å². The number of aromatic nitrogens is 2. The molecule has 2 aromatic rings. The molecule has 4 N–H and O–H groups in total. The number of hydrogen-bond donors (Lipinski definition) is 3. The lowest BCUT2D eigenvalue weighted by Gasteiger charge is -2.14. The van der Waals surface area contributed by atoms with Crippen molar-refractivity contribution in [2.45, 2.75) is 13.5 Å². The molecule has 0 saturated carbocycles. The van der Waals surface area contributed by atoms with E-state index in [1.54, 1.807) is 18.6 Å². The van der Waals surface area contributed by atoms with E-state index in [4.69, 9.17) is 10.8 Å². The van der Waals surface area contributed by atoms with Crippen LogP contribution in [0.25, 0.3) is 0 Å². The first-order valence-electron chi connectivity index (χ1n) is 5.82. The fraction of sp³-hybridized carbons (Fsp3) is 0.231. The molecule has 0 amide bonds. The summed E-state index contributed by atoms with van der Waals surface area (Å²) in [6, 6.07) is 3.26. The van der Waals surface area contributed by atoms with Gasteiger partial charge in [-0.3, -0.25) is 0 Å². The molecule has 1 aromatic heterocycles. The summed E-state index contributed by atoms with van der Waals surface area (Å²) in [5, 5.41) is 12.2. The lowest BCUT2D eigenvalue weighted by molar-refractivity contribution is 0.0698. The van der Waals surface area contributed by atoms with Gasteiger partial charge in [0.15, 0.2) is 0 Å². The number of nitrogen functional groups attached to an aromatic ring is 1. The van der Waals surface area contributed by atoms with Crippen LogP contribution in [-0.4, -0.2) is 20.6 Å². The standard InChI is InChI=1S/C13H16N4O2/c1-8-3-4-10(13(18)19)11(14)12(8)16-6-9-5-15-7-17(9)2/h3-5,7,16H,6,14H2,1-2H3,(H,18,19). The molecule has 0 radical (unpaired) electrons. The largest absolute Gasteiger partial charge is 0.478 e. The third-order valence-corrected chi connectivity index (χ3v) is 3.05. The van der Waals surface area contributed by atoms with Crippen LogP contribution in [0, 0.1) is 6.92 Å². The van der Waals surface area contributed by atoms with E-state index in [2.05, 4.69) is 10.3 Å². The molecule has 0 unspecified atom stereocenters. The summed E-state index contributed by atoms with van der Waals surface area (Å²) < 4.78 is 1.89. The summed E-state index contributed by atoms with van der Waals surface area (Å²) in [6.07, 6.45) is 3.46. The SMILES string of the molecule is Cc1ccc(C(=O)O)c(N)c1NCc1cncn1C. The second-order valence-corrected chi connectivity index (χ2v) is 4.37.